The molecule has 1 aliphatic carbocycles. The van der Waals surface area contributed by atoms with Gasteiger partial charge in [0.25, 0.3) is 0 Å². The maximum absolute atomic E-state index is 12.0. The van der Waals surface area contributed by atoms with Crippen LogP contribution in [0.3, 0.4) is 0 Å². The van der Waals surface area contributed by atoms with E-state index in [1.807, 2.05) is 32.0 Å². The Morgan fingerprint density at radius 2 is 2.00 bits per heavy atom. The lowest BCUT2D eigenvalue weighted by Crippen LogP contribution is -2.39. The number of amides is 1. The van der Waals surface area contributed by atoms with Gasteiger partial charge in [0.05, 0.1) is 13.1 Å². The Kier molecular flexibility index (Phi) is 6.25. The Bertz CT molecular complexity index is 478. The Balaban J connectivity index is 1.66. The van der Waals surface area contributed by atoms with Crippen LogP contribution in [-0.4, -0.2) is 43.6 Å². The Morgan fingerprint density at radius 3 is 2.59 bits per heavy atom. The van der Waals surface area contributed by atoms with Gasteiger partial charge in [0.15, 0.2) is 0 Å². The number of rotatable bonds is 9. The van der Waals surface area contributed by atoms with Gasteiger partial charge in [0.2, 0.25) is 5.91 Å². The zero-order valence-corrected chi connectivity index (χ0v) is 14.0. The Morgan fingerprint density at radius 1 is 1.32 bits per heavy atom. The third-order valence-corrected chi connectivity index (χ3v) is 4.11. The second-order valence-electron chi connectivity index (χ2n) is 6.19. The van der Waals surface area contributed by atoms with E-state index in [0.717, 1.165) is 35.9 Å². The van der Waals surface area contributed by atoms with Crippen LogP contribution in [0.25, 0.3) is 0 Å². The first-order valence-electron chi connectivity index (χ1n) is 8.28. The van der Waals surface area contributed by atoms with E-state index in [2.05, 4.69) is 17.1 Å². The largest absolute Gasteiger partial charge is 0.491 e. The highest BCUT2D eigenvalue weighted by Gasteiger charge is 2.24. The number of hydrogen-bond acceptors (Lipinski definition) is 3. The summed E-state index contributed by atoms with van der Waals surface area (Å²) in [5, 5.41) is 2.94. The van der Waals surface area contributed by atoms with E-state index in [0.29, 0.717) is 19.7 Å². The molecular weight excluding hydrogens is 276 g/mol. The SMILES string of the molecule is CCN(CC(=O)NCCOc1c(C)cccc1C)CC1CC1. The minimum atomic E-state index is 0.0904. The second-order valence-corrected chi connectivity index (χ2v) is 6.19. The van der Waals surface area contributed by atoms with Crippen molar-refractivity contribution in [2.24, 2.45) is 5.92 Å². The van der Waals surface area contributed by atoms with E-state index in [1.165, 1.54) is 12.8 Å². The third kappa shape index (κ3) is 5.34. The van der Waals surface area contributed by atoms with E-state index in [1.54, 1.807) is 0 Å². The summed E-state index contributed by atoms with van der Waals surface area (Å²) in [5.41, 5.74) is 2.26. The highest BCUT2D eigenvalue weighted by molar-refractivity contribution is 5.77. The Labute approximate surface area is 133 Å². The predicted molar refractivity (Wildman–Crippen MR) is 89.3 cm³/mol. The van der Waals surface area contributed by atoms with Crippen molar-refractivity contribution in [1.82, 2.24) is 10.2 Å². The first-order valence-corrected chi connectivity index (χ1v) is 8.28. The molecular formula is C18H28N2O2. The fourth-order valence-electron chi connectivity index (χ4n) is 2.60. The molecule has 0 aromatic heterocycles. The molecule has 1 aromatic carbocycles. The first-order chi connectivity index (χ1) is 10.6. The molecule has 0 unspecified atom stereocenters. The van der Waals surface area contributed by atoms with Crippen molar-refractivity contribution in [3.63, 3.8) is 0 Å². The van der Waals surface area contributed by atoms with Crippen molar-refractivity contribution >= 4 is 5.91 Å². The average molecular weight is 304 g/mol. The highest BCUT2D eigenvalue weighted by atomic mass is 16.5. The monoisotopic (exact) mass is 304 g/mol. The summed E-state index contributed by atoms with van der Waals surface area (Å²) in [6, 6.07) is 6.11. The van der Waals surface area contributed by atoms with E-state index in [-0.39, 0.29) is 5.91 Å². The zero-order chi connectivity index (χ0) is 15.9. The summed E-state index contributed by atoms with van der Waals surface area (Å²) in [4.78, 5) is 14.2. The van der Waals surface area contributed by atoms with Crippen molar-refractivity contribution in [2.45, 2.75) is 33.6 Å². The van der Waals surface area contributed by atoms with Crippen molar-refractivity contribution in [2.75, 3.05) is 32.8 Å². The number of benzene rings is 1. The quantitative estimate of drug-likeness (QED) is 0.713. The summed E-state index contributed by atoms with van der Waals surface area (Å²) in [6.07, 6.45) is 2.64. The molecule has 0 aliphatic heterocycles. The molecule has 122 valence electrons. The minimum Gasteiger partial charge on any atom is -0.491 e. The number of para-hydroxylation sites is 1. The maximum Gasteiger partial charge on any atom is 0.234 e. The summed E-state index contributed by atoms with van der Waals surface area (Å²) >= 11 is 0. The number of nitrogens with zero attached hydrogens (tertiary/aromatic N) is 1. The van der Waals surface area contributed by atoms with E-state index >= 15 is 0 Å². The lowest BCUT2D eigenvalue weighted by molar-refractivity contribution is -0.122. The van der Waals surface area contributed by atoms with Gasteiger partial charge in [-0.1, -0.05) is 25.1 Å². The molecule has 1 amide bonds. The van der Waals surface area contributed by atoms with Gasteiger partial charge in [0, 0.05) is 6.54 Å². The lowest BCUT2D eigenvalue weighted by atomic mass is 10.1. The first kappa shape index (κ1) is 16.8. The van der Waals surface area contributed by atoms with Crippen LogP contribution in [0.1, 0.15) is 30.9 Å². The van der Waals surface area contributed by atoms with Crippen LogP contribution in [0.2, 0.25) is 0 Å². The van der Waals surface area contributed by atoms with Crippen LogP contribution in [0.4, 0.5) is 0 Å². The number of aryl methyl sites for hydroxylation is 2. The molecule has 1 aromatic rings. The fraction of sp³-hybridized carbons (Fsp3) is 0.611. The molecule has 0 radical (unpaired) electrons. The Hall–Kier alpha value is -1.55. The molecule has 22 heavy (non-hydrogen) atoms. The molecule has 0 atom stereocenters. The topological polar surface area (TPSA) is 41.6 Å². The standard InChI is InChI=1S/C18H28N2O2/c1-4-20(12-16-8-9-16)13-17(21)19-10-11-22-18-14(2)6-5-7-15(18)3/h5-7,16H,4,8-13H2,1-3H3,(H,19,21). The smallest absolute Gasteiger partial charge is 0.234 e. The van der Waals surface area contributed by atoms with E-state index < -0.39 is 0 Å². The van der Waals surface area contributed by atoms with E-state index in [4.69, 9.17) is 4.74 Å². The number of hydrogen-bond donors (Lipinski definition) is 1. The minimum absolute atomic E-state index is 0.0904. The van der Waals surface area contributed by atoms with Gasteiger partial charge in [-0.25, -0.2) is 0 Å². The van der Waals surface area contributed by atoms with Gasteiger partial charge >= 0.3 is 0 Å². The molecule has 1 aliphatic rings. The number of likely N-dealkylation sites (N-methyl/N-ethyl adjacent to an activating group) is 1. The van der Waals surface area contributed by atoms with E-state index in [9.17, 15) is 4.79 Å². The summed E-state index contributed by atoms with van der Waals surface area (Å²) < 4.78 is 5.80. The average Bonchev–Trinajstić information content (AvgIpc) is 3.29. The molecule has 1 N–H and O–H groups in total. The third-order valence-electron chi connectivity index (χ3n) is 4.11. The van der Waals surface area contributed by atoms with Gasteiger partial charge in [0.1, 0.15) is 12.4 Å². The van der Waals surface area contributed by atoms with Crippen LogP contribution in [0.15, 0.2) is 18.2 Å². The number of carbonyl (C=O) groups excluding carboxylic acids is 1. The van der Waals surface area contributed by atoms with Crippen LogP contribution in [0.5, 0.6) is 5.75 Å². The van der Waals surface area contributed by atoms with Gasteiger partial charge in [-0.05, 0) is 50.3 Å². The fourth-order valence-corrected chi connectivity index (χ4v) is 2.60. The number of nitrogens with one attached hydrogen (secondary N) is 1. The number of carbonyl (C=O) groups is 1. The number of ether oxygens (including phenoxy) is 1. The van der Waals surface area contributed by atoms with Crippen LogP contribution in [-0.2, 0) is 4.79 Å². The van der Waals surface area contributed by atoms with Crippen molar-refractivity contribution in [3.8, 4) is 5.75 Å². The zero-order valence-electron chi connectivity index (χ0n) is 14.0. The molecule has 1 fully saturated rings. The van der Waals surface area contributed by atoms with Crippen LogP contribution >= 0.6 is 0 Å². The molecule has 0 saturated heterocycles. The van der Waals surface area contributed by atoms with Crippen LogP contribution in [0, 0.1) is 19.8 Å². The molecule has 0 spiro atoms. The molecule has 4 nitrogen and oxygen atoms in total. The summed E-state index contributed by atoms with van der Waals surface area (Å²) in [7, 11) is 0. The molecule has 1 saturated carbocycles. The van der Waals surface area contributed by atoms with Gasteiger partial charge in [-0.2, -0.15) is 0 Å². The van der Waals surface area contributed by atoms with Gasteiger partial charge in [-0.3, -0.25) is 9.69 Å². The van der Waals surface area contributed by atoms with Gasteiger partial charge in [-0.15, -0.1) is 0 Å². The molecule has 4 heteroatoms. The van der Waals surface area contributed by atoms with Crippen molar-refractivity contribution < 1.29 is 9.53 Å². The molecule has 0 heterocycles. The predicted octanol–water partition coefficient (Wildman–Crippen LogP) is 2.53. The second kappa shape index (κ2) is 8.18. The maximum atomic E-state index is 12.0. The lowest BCUT2D eigenvalue weighted by Gasteiger charge is -2.19. The summed E-state index contributed by atoms with van der Waals surface area (Å²) in [6.45, 7) is 9.73. The van der Waals surface area contributed by atoms with Crippen molar-refractivity contribution in [1.29, 1.82) is 0 Å². The molecule has 0 bridgehead atoms. The summed E-state index contributed by atoms with van der Waals surface area (Å²) in [5.74, 6) is 1.84. The highest BCUT2D eigenvalue weighted by Crippen LogP contribution is 2.29. The van der Waals surface area contributed by atoms with Crippen molar-refractivity contribution in [3.05, 3.63) is 29.3 Å². The van der Waals surface area contributed by atoms with Crippen LogP contribution < -0.4 is 10.1 Å². The normalized spacial score (nSPS) is 14.2. The molecule has 2 rings (SSSR count). The van der Waals surface area contributed by atoms with Gasteiger partial charge < -0.3 is 10.1 Å².